The molecular weight excluding hydrogens is 346 g/mol. The van der Waals surface area contributed by atoms with Crippen molar-refractivity contribution in [2.75, 3.05) is 11.9 Å². The molecule has 0 radical (unpaired) electrons. The summed E-state index contributed by atoms with van der Waals surface area (Å²) in [5, 5.41) is 2.84. The summed E-state index contributed by atoms with van der Waals surface area (Å²) in [6.45, 7) is -0.261. The third kappa shape index (κ3) is 5.23. The number of carbonyl (C=O) groups excluding carboxylic acids is 2. The molecule has 5 heteroatoms. The number of allylic oxidation sites excluding steroid dienone is 2. The fraction of sp³-hybridized carbons (Fsp3) is 0.238. The number of anilines is 1. The molecule has 1 amide bonds. The summed E-state index contributed by atoms with van der Waals surface area (Å²) in [4.78, 5) is 26.2. The molecule has 1 N–H and O–H groups in total. The summed E-state index contributed by atoms with van der Waals surface area (Å²) >= 11 is 1.57. The number of nitrogens with one attached hydrogen (secondary N) is 1. The van der Waals surface area contributed by atoms with Crippen LogP contribution in [0, 0.1) is 5.92 Å². The first-order valence-electron chi connectivity index (χ1n) is 8.66. The minimum absolute atomic E-state index is 0.131. The highest BCUT2D eigenvalue weighted by Crippen LogP contribution is 2.33. The minimum Gasteiger partial charge on any atom is -0.455 e. The molecule has 2 aromatic rings. The Labute approximate surface area is 157 Å². The zero-order valence-corrected chi connectivity index (χ0v) is 15.2. The van der Waals surface area contributed by atoms with Crippen molar-refractivity contribution in [1.29, 1.82) is 0 Å². The van der Waals surface area contributed by atoms with Crippen molar-refractivity contribution in [2.45, 2.75) is 29.1 Å². The number of esters is 1. The average molecular weight is 367 g/mol. The van der Waals surface area contributed by atoms with Crippen LogP contribution in [0.1, 0.15) is 19.3 Å². The lowest BCUT2D eigenvalue weighted by molar-refractivity contribution is -0.151. The van der Waals surface area contributed by atoms with Crippen LogP contribution in [0.5, 0.6) is 0 Å². The van der Waals surface area contributed by atoms with E-state index in [1.165, 1.54) is 0 Å². The number of carbonyl (C=O) groups is 2. The second-order valence-corrected chi connectivity index (χ2v) is 7.16. The van der Waals surface area contributed by atoms with Gasteiger partial charge in [-0.15, -0.1) is 0 Å². The van der Waals surface area contributed by atoms with Crippen LogP contribution in [0.2, 0.25) is 0 Å². The van der Waals surface area contributed by atoms with Crippen LogP contribution in [0.3, 0.4) is 0 Å². The lowest BCUT2D eigenvalue weighted by Gasteiger charge is -2.16. The van der Waals surface area contributed by atoms with Crippen molar-refractivity contribution >= 4 is 29.3 Å². The smallest absolute Gasteiger partial charge is 0.309 e. The topological polar surface area (TPSA) is 55.4 Å². The Bertz CT molecular complexity index is 789. The molecule has 134 valence electrons. The van der Waals surface area contributed by atoms with Crippen molar-refractivity contribution in [3.63, 3.8) is 0 Å². The standard InChI is InChI=1S/C21H21NO3S/c23-20(15-25-21(24)16-9-3-1-4-10-16)22-18-13-7-8-14-19(18)26-17-11-5-2-6-12-17/h1-3,5-8,11-14,16H,4,9-10,15H2,(H,22,23)/t16-/m0/s1. The Morgan fingerprint density at radius 1 is 1.04 bits per heavy atom. The number of hydrogen-bond donors (Lipinski definition) is 1. The molecule has 0 heterocycles. The van der Waals surface area contributed by atoms with Crippen LogP contribution in [0.15, 0.2) is 76.5 Å². The first-order chi connectivity index (χ1) is 12.7. The molecule has 2 aromatic carbocycles. The van der Waals surface area contributed by atoms with Gasteiger partial charge in [-0.2, -0.15) is 0 Å². The molecule has 0 bridgehead atoms. The molecule has 1 aliphatic carbocycles. The number of amides is 1. The summed E-state index contributed by atoms with van der Waals surface area (Å²) < 4.78 is 5.18. The van der Waals surface area contributed by atoms with Gasteiger partial charge in [0.2, 0.25) is 0 Å². The SMILES string of the molecule is O=C(COC(=O)[C@H]1CC=CCC1)Nc1ccccc1Sc1ccccc1. The summed E-state index contributed by atoms with van der Waals surface area (Å²) in [7, 11) is 0. The van der Waals surface area contributed by atoms with Crippen LogP contribution in [-0.4, -0.2) is 18.5 Å². The third-order valence-corrected chi connectivity index (χ3v) is 5.16. The molecule has 0 saturated carbocycles. The Morgan fingerprint density at radius 3 is 2.58 bits per heavy atom. The molecule has 1 atom stereocenters. The number of rotatable bonds is 6. The Hall–Kier alpha value is -2.53. The van der Waals surface area contributed by atoms with Crippen molar-refractivity contribution in [2.24, 2.45) is 5.92 Å². The van der Waals surface area contributed by atoms with Crippen molar-refractivity contribution < 1.29 is 14.3 Å². The maximum absolute atomic E-state index is 12.2. The fourth-order valence-corrected chi connectivity index (χ4v) is 3.65. The van der Waals surface area contributed by atoms with E-state index in [2.05, 4.69) is 11.4 Å². The van der Waals surface area contributed by atoms with E-state index in [0.717, 1.165) is 22.6 Å². The van der Waals surface area contributed by atoms with Gasteiger partial charge in [-0.3, -0.25) is 9.59 Å². The van der Waals surface area contributed by atoms with Gasteiger partial charge in [0.05, 0.1) is 11.6 Å². The molecule has 0 spiro atoms. The van der Waals surface area contributed by atoms with Crippen molar-refractivity contribution in [1.82, 2.24) is 0 Å². The summed E-state index contributed by atoms with van der Waals surface area (Å²) in [6.07, 6.45) is 6.42. The molecule has 0 saturated heterocycles. The predicted octanol–water partition coefficient (Wildman–Crippen LogP) is 4.68. The molecule has 3 rings (SSSR count). The quantitative estimate of drug-likeness (QED) is 0.595. The van der Waals surface area contributed by atoms with Crippen molar-refractivity contribution in [3.8, 4) is 0 Å². The fourth-order valence-electron chi connectivity index (χ4n) is 2.72. The van der Waals surface area contributed by atoms with Gasteiger partial charge in [0.15, 0.2) is 6.61 Å². The Balaban J connectivity index is 1.55. The van der Waals surface area contributed by atoms with E-state index in [1.54, 1.807) is 11.8 Å². The molecule has 0 unspecified atom stereocenters. The number of para-hydroxylation sites is 1. The second kappa shape index (κ2) is 9.25. The van der Waals surface area contributed by atoms with Gasteiger partial charge >= 0.3 is 5.97 Å². The molecule has 26 heavy (non-hydrogen) atoms. The maximum atomic E-state index is 12.2. The third-order valence-electron chi connectivity index (χ3n) is 4.08. The van der Waals surface area contributed by atoms with Crippen LogP contribution in [-0.2, 0) is 14.3 Å². The molecule has 0 aliphatic heterocycles. The lowest BCUT2D eigenvalue weighted by Crippen LogP contribution is -2.25. The summed E-state index contributed by atoms with van der Waals surface area (Å²) in [6, 6.07) is 17.5. The number of ether oxygens (including phenoxy) is 1. The van der Waals surface area contributed by atoms with Crippen molar-refractivity contribution in [3.05, 3.63) is 66.7 Å². The van der Waals surface area contributed by atoms with Gasteiger partial charge < -0.3 is 10.1 Å². The van der Waals surface area contributed by atoms with Crippen LogP contribution in [0.4, 0.5) is 5.69 Å². The van der Waals surface area contributed by atoms with E-state index in [0.29, 0.717) is 12.1 Å². The van der Waals surface area contributed by atoms with Gasteiger partial charge in [-0.1, -0.05) is 54.2 Å². The first-order valence-corrected chi connectivity index (χ1v) is 9.47. The minimum atomic E-state index is -0.328. The largest absolute Gasteiger partial charge is 0.455 e. The number of benzene rings is 2. The monoisotopic (exact) mass is 367 g/mol. The first kappa shape index (κ1) is 18.3. The van der Waals surface area contributed by atoms with Gasteiger partial charge in [0.1, 0.15) is 0 Å². The zero-order valence-electron chi connectivity index (χ0n) is 14.4. The lowest BCUT2D eigenvalue weighted by atomic mass is 9.95. The zero-order chi connectivity index (χ0) is 18.2. The highest BCUT2D eigenvalue weighted by Gasteiger charge is 2.21. The normalized spacial score (nSPS) is 16.1. The Kier molecular flexibility index (Phi) is 6.50. The predicted molar refractivity (Wildman–Crippen MR) is 103 cm³/mol. The molecule has 4 nitrogen and oxygen atoms in total. The van der Waals surface area contributed by atoms with Crippen LogP contribution in [0.25, 0.3) is 0 Å². The Morgan fingerprint density at radius 2 is 1.81 bits per heavy atom. The van der Waals surface area contributed by atoms with Crippen LogP contribution >= 0.6 is 11.8 Å². The van der Waals surface area contributed by atoms with Gasteiger partial charge in [-0.25, -0.2) is 0 Å². The van der Waals surface area contributed by atoms with E-state index in [1.807, 2.05) is 60.7 Å². The van der Waals surface area contributed by atoms with E-state index in [-0.39, 0.29) is 24.4 Å². The molecule has 0 fully saturated rings. The van der Waals surface area contributed by atoms with E-state index < -0.39 is 0 Å². The van der Waals surface area contributed by atoms with Crippen LogP contribution < -0.4 is 5.32 Å². The van der Waals surface area contributed by atoms with E-state index in [9.17, 15) is 9.59 Å². The summed E-state index contributed by atoms with van der Waals surface area (Å²) in [5.41, 5.74) is 0.711. The maximum Gasteiger partial charge on any atom is 0.309 e. The molecule has 0 aromatic heterocycles. The second-order valence-electron chi connectivity index (χ2n) is 6.05. The van der Waals surface area contributed by atoms with Gasteiger partial charge in [0.25, 0.3) is 5.91 Å². The highest BCUT2D eigenvalue weighted by atomic mass is 32.2. The average Bonchev–Trinajstić information content (AvgIpc) is 2.69. The molecular formula is C21H21NO3S. The summed E-state index contributed by atoms with van der Waals surface area (Å²) in [5.74, 6) is -0.754. The van der Waals surface area contributed by atoms with E-state index >= 15 is 0 Å². The highest BCUT2D eigenvalue weighted by molar-refractivity contribution is 7.99. The molecule has 1 aliphatic rings. The number of hydrogen-bond acceptors (Lipinski definition) is 4. The van der Waals surface area contributed by atoms with Gasteiger partial charge in [-0.05, 0) is 43.5 Å². The van der Waals surface area contributed by atoms with E-state index in [4.69, 9.17) is 4.74 Å². The van der Waals surface area contributed by atoms with Gasteiger partial charge in [0, 0.05) is 9.79 Å².